The summed E-state index contributed by atoms with van der Waals surface area (Å²) in [5, 5.41) is 0. The summed E-state index contributed by atoms with van der Waals surface area (Å²) in [5.41, 5.74) is 6.31. The minimum atomic E-state index is 0.391. The molecule has 0 aromatic rings. The topological polar surface area (TPSA) is 43.1 Å². The quantitative estimate of drug-likeness (QED) is 0.845. The van der Waals surface area contributed by atoms with E-state index in [-0.39, 0.29) is 0 Å². The molecule has 0 aromatic heterocycles. The van der Waals surface area contributed by atoms with Crippen molar-refractivity contribution in [1.29, 1.82) is 0 Å². The number of Topliss-reactive ketones (excluding diaryl/α,β-unsaturated/α-hetero) is 1. The van der Waals surface area contributed by atoms with E-state index in [9.17, 15) is 4.79 Å². The monoisotopic (exact) mass is 269 g/mol. The molecule has 0 amide bonds. The molecule has 1 atom stereocenters. The zero-order chi connectivity index (χ0) is 13.4. The zero-order valence-electron chi connectivity index (χ0n) is 11.6. The summed E-state index contributed by atoms with van der Waals surface area (Å²) >= 11 is 2.06. The highest BCUT2D eigenvalue weighted by molar-refractivity contribution is 7.99. The molecule has 1 aliphatic carbocycles. The summed E-state index contributed by atoms with van der Waals surface area (Å²) in [5.74, 6) is 4.43. The Morgan fingerprint density at radius 2 is 2.00 bits per heavy atom. The first-order chi connectivity index (χ1) is 8.59. The Bertz CT molecular complexity index is 266. The smallest absolute Gasteiger partial charge is 0.132 e. The van der Waals surface area contributed by atoms with Gasteiger partial charge >= 0.3 is 0 Å². The van der Waals surface area contributed by atoms with Crippen molar-refractivity contribution < 1.29 is 4.79 Å². The molecule has 18 heavy (non-hydrogen) atoms. The van der Waals surface area contributed by atoms with Gasteiger partial charge in [0.25, 0.3) is 0 Å². The van der Waals surface area contributed by atoms with Crippen LogP contribution in [-0.2, 0) is 4.79 Å². The molecule has 2 fully saturated rings. The number of nitrogens with two attached hydrogens (primary N) is 1. The maximum atomic E-state index is 10.6. The lowest BCUT2D eigenvalue weighted by Gasteiger charge is -2.05. The lowest BCUT2D eigenvalue weighted by atomic mass is 10.0. The Balaban J connectivity index is 0.000000184. The molecule has 1 heterocycles. The van der Waals surface area contributed by atoms with Crippen LogP contribution in [0.25, 0.3) is 0 Å². The van der Waals surface area contributed by atoms with Crippen LogP contribution in [0.15, 0.2) is 12.3 Å². The van der Waals surface area contributed by atoms with Crippen LogP contribution in [0.4, 0.5) is 0 Å². The van der Waals surface area contributed by atoms with Crippen molar-refractivity contribution in [3.05, 3.63) is 12.3 Å². The van der Waals surface area contributed by atoms with Crippen molar-refractivity contribution in [2.75, 3.05) is 11.5 Å². The number of ketones is 1. The average Bonchev–Trinajstić information content (AvgIpc) is 3.00. The highest BCUT2D eigenvalue weighted by atomic mass is 32.2. The third-order valence-corrected chi connectivity index (χ3v) is 5.06. The van der Waals surface area contributed by atoms with E-state index in [1.807, 2.05) is 0 Å². The molecule has 104 valence electrons. The fourth-order valence-electron chi connectivity index (χ4n) is 2.53. The predicted molar refractivity (Wildman–Crippen MR) is 80.6 cm³/mol. The molecular formula is C15H27NOS. The molecule has 0 aromatic carbocycles. The first-order valence-corrected chi connectivity index (χ1v) is 8.26. The zero-order valence-corrected chi connectivity index (χ0v) is 12.4. The summed E-state index contributed by atoms with van der Waals surface area (Å²) in [6.45, 7) is 5.39. The van der Waals surface area contributed by atoms with Gasteiger partial charge in [0.15, 0.2) is 0 Å². The van der Waals surface area contributed by atoms with Crippen LogP contribution in [0.1, 0.15) is 51.9 Å². The van der Waals surface area contributed by atoms with E-state index in [1.165, 1.54) is 37.2 Å². The highest BCUT2D eigenvalue weighted by Gasteiger charge is 2.18. The minimum absolute atomic E-state index is 0.391. The summed E-state index contributed by atoms with van der Waals surface area (Å²) < 4.78 is 0. The van der Waals surface area contributed by atoms with Gasteiger partial charge in [0.2, 0.25) is 0 Å². The lowest BCUT2D eigenvalue weighted by Crippen LogP contribution is -2.04. The van der Waals surface area contributed by atoms with Crippen molar-refractivity contribution >= 4 is 17.5 Å². The molecule has 0 spiro atoms. The molecule has 2 rings (SSSR count). The van der Waals surface area contributed by atoms with Crippen molar-refractivity contribution in [2.45, 2.75) is 51.9 Å². The van der Waals surface area contributed by atoms with Crippen molar-refractivity contribution in [1.82, 2.24) is 0 Å². The Morgan fingerprint density at radius 1 is 1.33 bits per heavy atom. The molecule has 1 saturated carbocycles. The standard InChI is InChI=1S/C8H15NS.C7H12O/c1-7(9)2-3-8-4-5-10-6-8;1-6(8)7-4-2-3-5-7/h8H,1-6,9H2;7H,2-5H2,1H3. The molecule has 0 radical (unpaired) electrons. The first kappa shape index (κ1) is 15.6. The Labute approximate surface area is 116 Å². The second-order valence-electron chi connectivity index (χ2n) is 5.52. The van der Waals surface area contributed by atoms with Gasteiger partial charge in [0, 0.05) is 11.6 Å². The van der Waals surface area contributed by atoms with Crippen molar-refractivity contribution in [3.8, 4) is 0 Å². The van der Waals surface area contributed by atoms with Crippen LogP contribution in [0.2, 0.25) is 0 Å². The second-order valence-corrected chi connectivity index (χ2v) is 6.67. The van der Waals surface area contributed by atoms with E-state index in [0.717, 1.165) is 30.9 Å². The lowest BCUT2D eigenvalue weighted by molar-refractivity contribution is -0.120. The van der Waals surface area contributed by atoms with E-state index >= 15 is 0 Å². The van der Waals surface area contributed by atoms with Gasteiger partial charge < -0.3 is 5.73 Å². The number of thioether (sulfide) groups is 1. The SMILES string of the molecule is C=C(N)CCC1CCSC1.CC(=O)C1CCCC1. The fourth-order valence-corrected chi connectivity index (χ4v) is 3.87. The second kappa shape index (κ2) is 8.63. The summed E-state index contributed by atoms with van der Waals surface area (Å²) in [4.78, 5) is 10.6. The first-order valence-electron chi connectivity index (χ1n) is 7.11. The molecule has 1 unspecified atom stereocenters. The molecule has 2 nitrogen and oxygen atoms in total. The normalized spacial score (nSPS) is 23.5. The number of carbonyl (C=O) groups is 1. The van der Waals surface area contributed by atoms with Crippen LogP contribution in [0, 0.1) is 11.8 Å². The van der Waals surface area contributed by atoms with Gasteiger partial charge in [0.1, 0.15) is 5.78 Å². The molecular weight excluding hydrogens is 242 g/mol. The number of allylic oxidation sites excluding steroid dienone is 1. The molecule has 2 aliphatic rings. The van der Waals surface area contributed by atoms with Gasteiger partial charge in [-0.1, -0.05) is 19.4 Å². The third kappa shape index (κ3) is 6.48. The van der Waals surface area contributed by atoms with Gasteiger partial charge in [-0.3, -0.25) is 4.79 Å². The Hall–Kier alpha value is -0.440. The third-order valence-electron chi connectivity index (χ3n) is 3.83. The van der Waals surface area contributed by atoms with E-state index < -0.39 is 0 Å². The van der Waals surface area contributed by atoms with Crippen LogP contribution in [-0.4, -0.2) is 17.3 Å². The van der Waals surface area contributed by atoms with Gasteiger partial charge in [-0.05, 0) is 56.5 Å². The molecule has 3 heteroatoms. The number of hydrogen-bond acceptors (Lipinski definition) is 3. The minimum Gasteiger partial charge on any atom is -0.403 e. The summed E-state index contributed by atoms with van der Waals surface area (Å²) in [6, 6.07) is 0. The maximum Gasteiger partial charge on any atom is 0.132 e. The maximum absolute atomic E-state index is 10.6. The Kier molecular flexibility index (Phi) is 7.48. The van der Waals surface area contributed by atoms with Crippen molar-refractivity contribution in [3.63, 3.8) is 0 Å². The molecule has 1 saturated heterocycles. The van der Waals surface area contributed by atoms with E-state index in [1.54, 1.807) is 6.92 Å². The molecule has 0 bridgehead atoms. The van der Waals surface area contributed by atoms with Gasteiger partial charge in [-0.2, -0.15) is 11.8 Å². The van der Waals surface area contributed by atoms with Gasteiger partial charge in [-0.25, -0.2) is 0 Å². The van der Waals surface area contributed by atoms with Crippen LogP contribution >= 0.6 is 11.8 Å². The number of rotatable bonds is 4. The van der Waals surface area contributed by atoms with E-state index in [0.29, 0.717) is 11.7 Å². The highest BCUT2D eigenvalue weighted by Crippen LogP contribution is 2.27. The van der Waals surface area contributed by atoms with Crippen molar-refractivity contribution in [2.24, 2.45) is 17.6 Å². The van der Waals surface area contributed by atoms with E-state index in [4.69, 9.17) is 5.73 Å². The average molecular weight is 269 g/mol. The van der Waals surface area contributed by atoms with Gasteiger partial charge in [0.05, 0.1) is 0 Å². The molecule has 1 aliphatic heterocycles. The number of hydrogen-bond donors (Lipinski definition) is 1. The predicted octanol–water partition coefficient (Wildman–Crippen LogP) is 3.76. The summed E-state index contributed by atoms with van der Waals surface area (Å²) in [6.07, 6.45) is 8.49. The van der Waals surface area contributed by atoms with Crippen LogP contribution < -0.4 is 5.73 Å². The van der Waals surface area contributed by atoms with Gasteiger partial charge in [-0.15, -0.1) is 0 Å². The fraction of sp³-hybridized carbons (Fsp3) is 0.800. The molecule has 2 N–H and O–H groups in total. The van der Waals surface area contributed by atoms with E-state index in [2.05, 4.69) is 18.3 Å². The largest absolute Gasteiger partial charge is 0.403 e. The van der Waals surface area contributed by atoms with Crippen LogP contribution in [0.5, 0.6) is 0 Å². The van der Waals surface area contributed by atoms with Crippen LogP contribution in [0.3, 0.4) is 0 Å². The summed E-state index contributed by atoms with van der Waals surface area (Å²) in [7, 11) is 0. The Morgan fingerprint density at radius 3 is 2.39 bits per heavy atom. The number of carbonyl (C=O) groups excluding carboxylic acids is 1.